The van der Waals surface area contributed by atoms with Gasteiger partial charge in [-0.15, -0.1) is 0 Å². The molecule has 0 aliphatic carbocycles. The second-order valence-electron chi connectivity index (χ2n) is 4.80. The molecule has 0 fully saturated rings. The molecule has 0 atom stereocenters. The second-order valence-corrected chi connectivity index (χ2v) is 6.52. The third-order valence-electron chi connectivity index (χ3n) is 3.37. The molecule has 2 aromatic carbocycles. The quantitative estimate of drug-likeness (QED) is 0.520. The van der Waals surface area contributed by atoms with Crippen LogP contribution in [0.4, 0.5) is 20.3 Å². The maximum Gasteiger partial charge on any atom is 0.166 e. The average molecular weight is 393 g/mol. The summed E-state index contributed by atoms with van der Waals surface area (Å²) in [6, 6.07) is 6.32. The summed E-state index contributed by atoms with van der Waals surface area (Å²) >= 11 is 4.29. The molecule has 0 spiro atoms. The van der Waals surface area contributed by atoms with Crippen LogP contribution in [0, 0.1) is 11.6 Å². The molecule has 4 nitrogen and oxygen atoms in total. The van der Waals surface area contributed by atoms with Gasteiger partial charge in [-0.2, -0.15) is 4.37 Å². The van der Waals surface area contributed by atoms with Gasteiger partial charge in [0.1, 0.15) is 18.0 Å². The van der Waals surface area contributed by atoms with Crippen LogP contribution in [-0.4, -0.2) is 14.3 Å². The van der Waals surface area contributed by atoms with E-state index in [1.807, 2.05) is 0 Å². The molecule has 4 rings (SSSR count). The van der Waals surface area contributed by atoms with Gasteiger partial charge in [0.25, 0.3) is 0 Å². The topological polar surface area (TPSA) is 50.7 Å². The number of benzene rings is 2. The first kappa shape index (κ1) is 14.4. The summed E-state index contributed by atoms with van der Waals surface area (Å²) in [6.07, 6.45) is 2.91. The average Bonchev–Trinajstić information content (AvgIpc) is 2.99. The molecule has 0 saturated heterocycles. The van der Waals surface area contributed by atoms with Gasteiger partial charge in [0.2, 0.25) is 0 Å². The van der Waals surface area contributed by atoms with Crippen LogP contribution in [0.1, 0.15) is 0 Å². The minimum Gasteiger partial charge on any atom is -0.337 e. The standard InChI is InChI=1S/C15H7BrF2N4S/c16-8-3-9(17)12-11(4-8)19-6-20-15(12)22-10-2-1-7-5-21-23-14(7)13(10)18/h1-6H,(H,19,20,22). The smallest absolute Gasteiger partial charge is 0.166 e. The first-order valence-electron chi connectivity index (χ1n) is 6.53. The largest absolute Gasteiger partial charge is 0.337 e. The Morgan fingerprint density at radius 2 is 2.00 bits per heavy atom. The van der Waals surface area contributed by atoms with E-state index in [1.54, 1.807) is 24.4 Å². The number of anilines is 2. The lowest BCUT2D eigenvalue weighted by Crippen LogP contribution is -1.99. The molecule has 0 bridgehead atoms. The van der Waals surface area contributed by atoms with E-state index in [4.69, 9.17) is 0 Å². The van der Waals surface area contributed by atoms with Crippen molar-refractivity contribution in [3.05, 3.63) is 52.9 Å². The maximum absolute atomic E-state index is 14.5. The molecule has 2 heterocycles. The van der Waals surface area contributed by atoms with Crippen molar-refractivity contribution < 1.29 is 8.78 Å². The third kappa shape index (κ3) is 2.43. The molecular formula is C15H7BrF2N4S. The van der Waals surface area contributed by atoms with Crippen molar-refractivity contribution in [2.75, 3.05) is 5.32 Å². The van der Waals surface area contributed by atoms with Crippen LogP contribution in [-0.2, 0) is 0 Å². The van der Waals surface area contributed by atoms with Crippen molar-refractivity contribution in [1.29, 1.82) is 0 Å². The molecule has 2 aromatic heterocycles. The van der Waals surface area contributed by atoms with E-state index in [9.17, 15) is 8.78 Å². The van der Waals surface area contributed by atoms with Gasteiger partial charge in [-0.1, -0.05) is 15.9 Å². The Morgan fingerprint density at radius 1 is 1.13 bits per heavy atom. The van der Waals surface area contributed by atoms with Crippen LogP contribution in [0.15, 0.2) is 41.3 Å². The summed E-state index contributed by atoms with van der Waals surface area (Å²) in [5, 5.41) is 3.79. The zero-order valence-corrected chi connectivity index (χ0v) is 13.8. The Hall–Kier alpha value is -2.19. The molecule has 23 heavy (non-hydrogen) atoms. The Balaban J connectivity index is 1.87. The summed E-state index contributed by atoms with van der Waals surface area (Å²) < 4.78 is 33.8. The van der Waals surface area contributed by atoms with Crippen molar-refractivity contribution >= 4 is 60.0 Å². The van der Waals surface area contributed by atoms with E-state index in [1.165, 1.54) is 12.4 Å². The highest BCUT2D eigenvalue weighted by atomic mass is 79.9. The fourth-order valence-corrected chi connectivity index (χ4v) is 3.44. The number of nitrogens with zero attached hydrogens (tertiary/aromatic N) is 3. The predicted molar refractivity (Wildman–Crippen MR) is 90.1 cm³/mol. The third-order valence-corrected chi connectivity index (χ3v) is 4.64. The Bertz CT molecular complexity index is 1050. The van der Waals surface area contributed by atoms with E-state index >= 15 is 0 Å². The van der Waals surface area contributed by atoms with E-state index in [-0.39, 0.29) is 16.9 Å². The Labute approximate surface area is 141 Å². The van der Waals surface area contributed by atoms with Crippen molar-refractivity contribution in [1.82, 2.24) is 14.3 Å². The minimum absolute atomic E-state index is 0.208. The van der Waals surface area contributed by atoms with Crippen LogP contribution in [0.5, 0.6) is 0 Å². The van der Waals surface area contributed by atoms with Crippen LogP contribution < -0.4 is 5.32 Å². The van der Waals surface area contributed by atoms with Crippen LogP contribution in [0.2, 0.25) is 0 Å². The first-order valence-corrected chi connectivity index (χ1v) is 8.10. The molecule has 0 aliphatic heterocycles. The number of fused-ring (bicyclic) bond motifs is 2. The number of rotatable bonds is 2. The summed E-state index contributed by atoms with van der Waals surface area (Å²) in [4.78, 5) is 8.09. The molecule has 4 aromatic rings. The lowest BCUT2D eigenvalue weighted by molar-refractivity contribution is 0.638. The molecule has 114 valence electrons. The zero-order valence-electron chi connectivity index (χ0n) is 11.3. The van der Waals surface area contributed by atoms with Gasteiger partial charge in [-0.3, -0.25) is 0 Å². The number of hydrogen-bond donors (Lipinski definition) is 1. The molecule has 8 heteroatoms. The number of nitrogens with one attached hydrogen (secondary N) is 1. The van der Waals surface area contributed by atoms with Gasteiger partial charge >= 0.3 is 0 Å². The maximum atomic E-state index is 14.5. The van der Waals surface area contributed by atoms with E-state index < -0.39 is 11.6 Å². The number of halogens is 3. The van der Waals surface area contributed by atoms with Crippen molar-refractivity contribution in [3.8, 4) is 0 Å². The summed E-state index contributed by atoms with van der Waals surface area (Å²) in [5.41, 5.74) is 0.637. The molecule has 1 N–H and O–H groups in total. The predicted octanol–water partition coefficient (Wildman–Crippen LogP) is 5.02. The Morgan fingerprint density at radius 3 is 2.87 bits per heavy atom. The molecule has 0 radical (unpaired) electrons. The van der Waals surface area contributed by atoms with Gasteiger partial charge in [0.05, 0.1) is 21.3 Å². The first-order chi connectivity index (χ1) is 11.1. The van der Waals surface area contributed by atoms with Gasteiger partial charge in [0.15, 0.2) is 5.82 Å². The summed E-state index contributed by atoms with van der Waals surface area (Å²) in [6.45, 7) is 0. The van der Waals surface area contributed by atoms with Gasteiger partial charge in [-0.05, 0) is 35.8 Å². The highest BCUT2D eigenvalue weighted by Gasteiger charge is 2.14. The molecule has 0 saturated carbocycles. The molecular weight excluding hydrogens is 386 g/mol. The second kappa shape index (κ2) is 5.47. The summed E-state index contributed by atoms with van der Waals surface area (Å²) in [5.74, 6) is -0.714. The highest BCUT2D eigenvalue weighted by Crippen LogP contribution is 2.32. The molecule has 0 aliphatic rings. The van der Waals surface area contributed by atoms with Gasteiger partial charge < -0.3 is 5.32 Å². The van der Waals surface area contributed by atoms with Crippen molar-refractivity contribution in [2.24, 2.45) is 0 Å². The van der Waals surface area contributed by atoms with E-state index in [0.29, 0.717) is 14.7 Å². The fourth-order valence-electron chi connectivity index (χ4n) is 2.33. The SMILES string of the molecule is Fc1c(Nc2ncnc3cc(Br)cc(F)c23)ccc2cnsc12. The van der Waals surface area contributed by atoms with Gasteiger partial charge in [0, 0.05) is 16.1 Å². The zero-order chi connectivity index (χ0) is 16.0. The van der Waals surface area contributed by atoms with Crippen LogP contribution in [0.25, 0.3) is 21.0 Å². The molecule has 0 amide bonds. The van der Waals surface area contributed by atoms with Crippen LogP contribution in [0.3, 0.4) is 0 Å². The minimum atomic E-state index is -0.489. The highest BCUT2D eigenvalue weighted by molar-refractivity contribution is 9.10. The molecule has 0 unspecified atom stereocenters. The van der Waals surface area contributed by atoms with E-state index in [2.05, 4.69) is 35.6 Å². The monoisotopic (exact) mass is 392 g/mol. The van der Waals surface area contributed by atoms with Gasteiger partial charge in [-0.25, -0.2) is 18.7 Å². The number of hydrogen-bond acceptors (Lipinski definition) is 5. The fraction of sp³-hybridized carbons (Fsp3) is 0. The normalized spacial score (nSPS) is 11.3. The van der Waals surface area contributed by atoms with Crippen LogP contribution >= 0.6 is 27.5 Å². The summed E-state index contributed by atoms with van der Waals surface area (Å²) in [7, 11) is 0. The van der Waals surface area contributed by atoms with E-state index in [0.717, 1.165) is 16.9 Å². The lowest BCUT2D eigenvalue weighted by Gasteiger charge is -2.10. The number of aromatic nitrogens is 3. The van der Waals surface area contributed by atoms with Crippen molar-refractivity contribution in [3.63, 3.8) is 0 Å². The lowest BCUT2D eigenvalue weighted by atomic mass is 10.2. The Kier molecular flexibility index (Phi) is 3.42. The van der Waals surface area contributed by atoms with Crippen molar-refractivity contribution in [2.45, 2.75) is 0 Å².